The summed E-state index contributed by atoms with van der Waals surface area (Å²) in [5, 5.41) is 6.36. The number of rotatable bonds is 4. The number of carbonyl (C=O) groups is 1. The van der Waals surface area contributed by atoms with Crippen LogP contribution in [0, 0.1) is 0 Å². The van der Waals surface area contributed by atoms with Crippen molar-refractivity contribution in [3.8, 4) is 0 Å². The minimum absolute atomic E-state index is 0.132. The van der Waals surface area contributed by atoms with Crippen LogP contribution in [0.4, 0.5) is 5.82 Å². The molecule has 27 heavy (non-hydrogen) atoms. The first-order valence-electron chi connectivity index (χ1n) is 9.75. The summed E-state index contributed by atoms with van der Waals surface area (Å²) < 4.78 is 2.09. The van der Waals surface area contributed by atoms with E-state index in [2.05, 4.69) is 35.1 Å². The molecule has 2 aliphatic rings. The number of hydrogen-bond acceptors (Lipinski definition) is 6. The van der Waals surface area contributed by atoms with E-state index in [1.54, 1.807) is 12.4 Å². The fourth-order valence-corrected chi connectivity index (χ4v) is 4.01. The second-order valence-corrected chi connectivity index (χ2v) is 7.47. The lowest BCUT2D eigenvalue weighted by molar-refractivity contribution is 0.0924. The predicted octanol–water partition coefficient (Wildman–Crippen LogP) is 1.08. The number of hydrogen-bond donors (Lipinski definition) is 2. The molecule has 0 aromatic carbocycles. The Morgan fingerprint density at radius 1 is 1.19 bits per heavy atom. The molecule has 0 aliphatic carbocycles. The second kappa shape index (κ2) is 8.04. The van der Waals surface area contributed by atoms with Gasteiger partial charge in [-0.3, -0.25) is 4.79 Å². The summed E-state index contributed by atoms with van der Waals surface area (Å²) in [6, 6.07) is 0.224. The molecule has 1 amide bonds. The Morgan fingerprint density at radius 2 is 2.04 bits per heavy atom. The minimum atomic E-state index is -0.132. The maximum atomic E-state index is 12.4. The van der Waals surface area contributed by atoms with E-state index in [-0.39, 0.29) is 11.9 Å². The first-order chi connectivity index (χ1) is 13.2. The molecule has 8 nitrogen and oxygen atoms in total. The van der Waals surface area contributed by atoms with Crippen LogP contribution in [0.3, 0.4) is 0 Å². The number of piperidine rings is 2. The van der Waals surface area contributed by atoms with Gasteiger partial charge in [0.25, 0.3) is 5.91 Å². The Hall–Kier alpha value is -2.48. The topological polar surface area (TPSA) is 88.0 Å². The van der Waals surface area contributed by atoms with Gasteiger partial charge in [-0.25, -0.2) is 15.0 Å². The molecule has 2 aromatic rings. The van der Waals surface area contributed by atoms with Crippen LogP contribution in [-0.2, 0) is 7.05 Å². The fourth-order valence-electron chi connectivity index (χ4n) is 4.01. The van der Waals surface area contributed by atoms with Crippen LogP contribution in [0.1, 0.15) is 47.8 Å². The number of nitrogens with zero attached hydrogens (tertiary/aromatic N) is 5. The van der Waals surface area contributed by atoms with Gasteiger partial charge in [-0.05, 0) is 38.8 Å². The first-order valence-corrected chi connectivity index (χ1v) is 9.75. The summed E-state index contributed by atoms with van der Waals surface area (Å²) in [7, 11) is 2.04. The summed E-state index contributed by atoms with van der Waals surface area (Å²) in [4.78, 5) is 27.8. The maximum absolute atomic E-state index is 12.4. The second-order valence-electron chi connectivity index (χ2n) is 7.47. The van der Waals surface area contributed by atoms with E-state index in [1.807, 2.05) is 19.6 Å². The Bertz CT molecular complexity index is 767. The molecule has 1 atom stereocenters. The van der Waals surface area contributed by atoms with Crippen molar-refractivity contribution in [1.82, 2.24) is 30.2 Å². The van der Waals surface area contributed by atoms with E-state index in [0.717, 1.165) is 57.7 Å². The number of nitrogens with one attached hydrogen (secondary N) is 2. The molecule has 2 aromatic heterocycles. The molecule has 2 saturated heterocycles. The highest BCUT2D eigenvalue weighted by Gasteiger charge is 2.25. The zero-order valence-corrected chi connectivity index (χ0v) is 15.8. The van der Waals surface area contributed by atoms with Crippen molar-refractivity contribution in [2.75, 3.05) is 31.1 Å². The van der Waals surface area contributed by atoms with Crippen molar-refractivity contribution in [2.45, 2.75) is 37.6 Å². The molecule has 1 unspecified atom stereocenters. The molecule has 0 spiro atoms. The highest BCUT2D eigenvalue weighted by atomic mass is 16.1. The van der Waals surface area contributed by atoms with Crippen LogP contribution in [0.15, 0.2) is 24.9 Å². The molecule has 4 heterocycles. The Labute approximate surface area is 159 Å². The van der Waals surface area contributed by atoms with Gasteiger partial charge >= 0.3 is 0 Å². The molecule has 2 N–H and O–H groups in total. The molecule has 0 saturated carbocycles. The van der Waals surface area contributed by atoms with Gasteiger partial charge in [0.2, 0.25) is 0 Å². The average molecular weight is 369 g/mol. The number of amides is 1. The Kier molecular flexibility index (Phi) is 5.33. The molecule has 0 bridgehead atoms. The molecule has 0 radical (unpaired) electrons. The van der Waals surface area contributed by atoms with E-state index < -0.39 is 0 Å². The number of carbonyl (C=O) groups excluding carboxylic acids is 1. The van der Waals surface area contributed by atoms with Crippen LogP contribution >= 0.6 is 0 Å². The van der Waals surface area contributed by atoms with E-state index in [9.17, 15) is 4.79 Å². The van der Waals surface area contributed by atoms with Gasteiger partial charge in [-0.1, -0.05) is 0 Å². The molecule has 2 fully saturated rings. The Balaban J connectivity index is 1.39. The monoisotopic (exact) mass is 369 g/mol. The number of aromatic nitrogens is 4. The largest absolute Gasteiger partial charge is 0.355 e. The molecular weight excluding hydrogens is 342 g/mol. The lowest BCUT2D eigenvalue weighted by atomic mass is 9.95. The summed E-state index contributed by atoms with van der Waals surface area (Å²) >= 11 is 0. The third kappa shape index (κ3) is 4.10. The molecule has 144 valence electrons. The van der Waals surface area contributed by atoms with Crippen molar-refractivity contribution >= 4 is 11.7 Å². The van der Waals surface area contributed by atoms with Gasteiger partial charge in [-0.15, -0.1) is 0 Å². The third-order valence-corrected chi connectivity index (χ3v) is 5.56. The molecule has 2 aliphatic heterocycles. The van der Waals surface area contributed by atoms with E-state index in [1.165, 1.54) is 5.69 Å². The highest BCUT2D eigenvalue weighted by molar-refractivity contribution is 5.92. The summed E-state index contributed by atoms with van der Waals surface area (Å²) in [6.07, 6.45) is 11.3. The van der Waals surface area contributed by atoms with Crippen molar-refractivity contribution in [3.63, 3.8) is 0 Å². The predicted molar refractivity (Wildman–Crippen MR) is 103 cm³/mol. The first kappa shape index (κ1) is 17.9. The molecular formula is C19H27N7O. The van der Waals surface area contributed by atoms with E-state index in [0.29, 0.717) is 11.6 Å². The van der Waals surface area contributed by atoms with Gasteiger partial charge < -0.3 is 20.1 Å². The van der Waals surface area contributed by atoms with Gasteiger partial charge in [0.15, 0.2) is 0 Å². The standard InChI is InChI=1S/C19H27N7O/c1-25-13-21-10-17(25)14-3-2-8-26(12-14)18-11-22-16(9-23-18)19(27)24-15-4-6-20-7-5-15/h9-11,13-15,20H,2-8,12H2,1H3,(H,24,27). The van der Waals surface area contributed by atoms with Crippen molar-refractivity contribution in [2.24, 2.45) is 7.05 Å². The number of imidazole rings is 1. The SMILES string of the molecule is Cn1cncc1C1CCCN(c2cnc(C(=O)NC3CCNCC3)cn2)C1. The van der Waals surface area contributed by atoms with Gasteiger partial charge in [0.05, 0.1) is 18.7 Å². The van der Waals surface area contributed by atoms with Crippen LogP contribution in [0.2, 0.25) is 0 Å². The van der Waals surface area contributed by atoms with Crippen LogP contribution in [-0.4, -0.2) is 57.6 Å². The summed E-state index contributed by atoms with van der Waals surface area (Å²) in [5.41, 5.74) is 1.64. The normalized spacial score (nSPS) is 21.2. The lowest BCUT2D eigenvalue weighted by Gasteiger charge is -2.33. The van der Waals surface area contributed by atoms with E-state index >= 15 is 0 Å². The maximum Gasteiger partial charge on any atom is 0.271 e. The fraction of sp³-hybridized carbons (Fsp3) is 0.579. The smallest absolute Gasteiger partial charge is 0.271 e. The zero-order valence-electron chi connectivity index (χ0n) is 15.8. The number of aryl methyl sites for hydroxylation is 1. The number of anilines is 1. The molecule has 8 heteroatoms. The minimum Gasteiger partial charge on any atom is -0.355 e. The molecule has 4 rings (SSSR count). The van der Waals surface area contributed by atoms with Gasteiger partial charge in [0, 0.05) is 44.0 Å². The summed E-state index contributed by atoms with van der Waals surface area (Å²) in [5.74, 6) is 1.14. The van der Waals surface area contributed by atoms with Crippen LogP contribution in [0.5, 0.6) is 0 Å². The quantitative estimate of drug-likeness (QED) is 0.838. The van der Waals surface area contributed by atoms with E-state index in [4.69, 9.17) is 0 Å². The highest BCUT2D eigenvalue weighted by Crippen LogP contribution is 2.28. The van der Waals surface area contributed by atoms with Crippen molar-refractivity contribution < 1.29 is 4.79 Å². The summed E-state index contributed by atoms with van der Waals surface area (Å²) in [6.45, 7) is 3.75. The van der Waals surface area contributed by atoms with Crippen molar-refractivity contribution in [1.29, 1.82) is 0 Å². The third-order valence-electron chi connectivity index (χ3n) is 5.56. The zero-order chi connectivity index (χ0) is 18.6. The lowest BCUT2D eigenvalue weighted by Crippen LogP contribution is -2.43. The van der Waals surface area contributed by atoms with Crippen LogP contribution in [0.25, 0.3) is 0 Å². The Morgan fingerprint density at radius 3 is 2.74 bits per heavy atom. The average Bonchev–Trinajstić information content (AvgIpc) is 3.15. The van der Waals surface area contributed by atoms with Gasteiger partial charge in [-0.2, -0.15) is 0 Å². The van der Waals surface area contributed by atoms with Crippen molar-refractivity contribution in [3.05, 3.63) is 36.3 Å². The van der Waals surface area contributed by atoms with Gasteiger partial charge in [0.1, 0.15) is 11.5 Å². The van der Waals surface area contributed by atoms with Crippen LogP contribution < -0.4 is 15.5 Å².